The first-order valence-corrected chi connectivity index (χ1v) is 9.09. The molecule has 2 aromatic rings. The Balaban J connectivity index is 1.60. The van der Waals surface area contributed by atoms with E-state index in [1.807, 2.05) is 18.2 Å². The maximum absolute atomic E-state index is 6.11. The van der Waals surface area contributed by atoms with Crippen LogP contribution in [0, 0.1) is 0 Å². The lowest BCUT2D eigenvalue weighted by atomic mass is 10.2. The van der Waals surface area contributed by atoms with E-state index in [0.717, 1.165) is 6.42 Å². The summed E-state index contributed by atoms with van der Waals surface area (Å²) in [5.74, 6) is 0.742. The van der Waals surface area contributed by atoms with E-state index in [1.54, 1.807) is 24.9 Å². The second kappa shape index (κ2) is 9.07. The third-order valence-electron chi connectivity index (χ3n) is 3.93. The van der Waals surface area contributed by atoms with Gasteiger partial charge in [-0.3, -0.25) is 0 Å². The molecule has 1 saturated heterocycles. The monoisotopic (exact) mass is 378 g/mol. The van der Waals surface area contributed by atoms with Gasteiger partial charge < -0.3 is 23.7 Å². The van der Waals surface area contributed by atoms with Gasteiger partial charge in [0, 0.05) is 18.4 Å². The molecule has 0 N–H and O–H groups in total. The van der Waals surface area contributed by atoms with Crippen LogP contribution in [0.4, 0.5) is 0 Å². The van der Waals surface area contributed by atoms with Crippen LogP contribution in [0.5, 0.6) is 17.8 Å². The van der Waals surface area contributed by atoms with Crippen molar-refractivity contribution in [1.82, 2.24) is 9.97 Å². The molecule has 0 bridgehead atoms. The number of hydrogen-bond acceptors (Lipinski definition) is 8. The van der Waals surface area contributed by atoms with Gasteiger partial charge in [0.15, 0.2) is 0 Å². The first-order chi connectivity index (χ1) is 12.7. The molecule has 0 radical (unpaired) electrons. The van der Waals surface area contributed by atoms with E-state index in [1.165, 1.54) is 19.1 Å². The van der Waals surface area contributed by atoms with Crippen LogP contribution < -0.4 is 14.2 Å². The van der Waals surface area contributed by atoms with Crippen molar-refractivity contribution in [2.45, 2.75) is 29.0 Å². The Labute approximate surface area is 157 Å². The fourth-order valence-corrected chi connectivity index (χ4v) is 3.72. The van der Waals surface area contributed by atoms with Crippen LogP contribution in [-0.2, 0) is 9.47 Å². The minimum atomic E-state index is -0.187. The number of ether oxygens (including phenoxy) is 5. The van der Waals surface area contributed by atoms with E-state index in [0.29, 0.717) is 18.4 Å². The molecule has 1 aliphatic heterocycles. The molecule has 1 fully saturated rings. The van der Waals surface area contributed by atoms with Gasteiger partial charge in [0.1, 0.15) is 18.1 Å². The predicted molar refractivity (Wildman–Crippen MR) is 97.0 cm³/mol. The van der Waals surface area contributed by atoms with Gasteiger partial charge in [-0.1, -0.05) is 30.0 Å². The molecule has 2 heterocycles. The van der Waals surface area contributed by atoms with Crippen molar-refractivity contribution in [2.75, 3.05) is 27.9 Å². The summed E-state index contributed by atoms with van der Waals surface area (Å²) in [5.41, 5.74) is 0.0189. The Morgan fingerprint density at radius 1 is 1.08 bits per heavy atom. The van der Waals surface area contributed by atoms with Gasteiger partial charge in [-0.15, -0.1) is 0 Å². The number of nitrogens with zero attached hydrogens (tertiary/aromatic N) is 2. The van der Waals surface area contributed by atoms with Crippen LogP contribution in [0.15, 0.2) is 41.3 Å². The quantitative estimate of drug-likeness (QED) is 0.694. The van der Waals surface area contributed by atoms with Gasteiger partial charge in [0.25, 0.3) is 0 Å². The fourth-order valence-electron chi connectivity index (χ4n) is 2.62. The molecule has 8 heteroatoms. The Hall–Kier alpha value is -2.03. The molecular weight excluding hydrogens is 356 g/mol. The summed E-state index contributed by atoms with van der Waals surface area (Å²) < 4.78 is 27.6. The average molecular weight is 378 g/mol. The van der Waals surface area contributed by atoms with Crippen LogP contribution in [0.2, 0.25) is 0 Å². The lowest BCUT2D eigenvalue weighted by Crippen LogP contribution is -2.29. The third-order valence-corrected chi connectivity index (χ3v) is 5.04. The maximum Gasteiger partial charge on any atom is 0.322 e. The minimum absolute atomic E-state index is 0.0189. The zero-order valence-corrected chi connectivity index (χ0v) is 15.8. The van der Waals surface area contributed by atoms with E-state index in [4.69, 9.17) is 23.7 Å². The average Bonchev–Trinajstić information content (AvgIpc) is 3.08. The van der Waals surface area contributed by atoms with E-state index in [-0.39, 0.29) is 23.7 Å². The molecule has 1 unspecified atom stereocenters. The van der Waals surface area contributed by atoms with Crippen molar-refractivity contribution in [2.24, 2.45) is 0 Å². The fraction of sp³-hybridized carbons (Fsp3) is 0.444. The molecule has 3 atom stereocenters. The Morgan fingerprint density at radius 2 is 1.85 bits per heavy atom. The summed E-state index contributed by atoms with van der Waals surface area (Å²) in [6, 6.07) is 12.0. The van der Waals surface area contributed by atoms with Crippen molar-refractivity contribution in [3.05, 3.63) is 36.4 Å². The van der Waals surface area contributed by atoms with E-state index < -0.39 is 0 Å². The smallest absolute Gasteiger partial charge is 0.322 e. The van der Waals surface area contributed by atoms with E-state index >= 15 is 0 Å². The van der Waals surface area contributed by atoms with Crippen molar-refractivity contribution in [3.8, 4) is 17.8 Å². The zero-order valence-electron chi connectivity index (χ0n) is 15.0. The molecule has 1 aromatic carbocycles. The molecule has 0 saturated carbocycles. The number of rotatable bonds is 8. The maximum atomic E-state index is 6.11. The Morgan fingerprint density at radius 3 is 2.54 bits per heavy atom. The molecule has 26 heavy (non-hydrogen) atoms. The zero-order chi connectivity index (χ0) is 18.4. The van der Waals surface area contributed by atoms with Crippen molar-refractivity contribution >= 4 is 11.8 Å². The number of methoxy groups -OCH3 is 3. The van der Waals surface area contributed by atoms with Gasteiger partial charge in [0.05, 0.1) is 26.4 Å². The number of aromatic nitrogens is 2. The Kier molecular flexibility index (Phi) is 6.54. The molecule has 0 spiro atoms. The third kappa shape index (κ3) is 4.78. The highest BCUT2D eigenvalue weighted by Gasteiger charge is 2.36. The first kappa shape index (κ1) is 18.8. The lowest BCUT2D eigenvalue weighted by Gasteiger charge is -2.17. The standard InChI is InChI=1S/C18H22N2O5S/c1-21-13-9-17(26-12-7-5-4-6-8-12)25-14(13)11-24-16-10-15(22-2)19-18(20-16)23-3/h4-8,10,13-14,17H,9,11H2,1-3H3/t13-,14+,17?/m0/s1. The summed E-state index contributed by atoms with van der Waals surface area (Å²) in [5, 5.41) is 0. The van der Waals surface area contributed by atoms with Crippen LogP contribution in [0.25, 0.3) is 0 Å². The first-order valence-electron chi connectivity index (χ1n) is 8.21. The minimum Gasteiger partial charge on any atom is -0.481 e. The molecule has 1 aromatic heterocycles. The summed E-state index contributed by atoms with van der Waals surface area (Å²) in [6.45, 7) is 0.313. The van der Waals surface area contributed by atoms with Crippen molar-refractivity contribution in [1.29, 1.82) is 0 Å². The van der Waals surface area contributed by atoms with Gasteiger partial charge in [0.2, 0.25) is 11.8 Å². The molecule has 3 rings (SSSR count). The SMILES string of the molecule is COc1cc(OC[C@H]2OC(Sc3ccccc3)C[C@@H]2OC)nc(OC)n1. The molecule has 140 valence electrons. The predicted octanol–water partition coefficient (Wildman–Crippen LogP) is 2.79. The van der Waals surface area contributed by atoms with Gasteiger partial charge in [-0.25, -0.2) is 0 Å². The van der Waals surface area contributed by atoms with E-state index in [2.05, 4.69) is 22.1 Å². The van der Waals surface area contributed by atoms with E-state index in [9.17, 15) is 0 Å². The second-order valence-corrected chi connectivity index (χ2v) is 6.82. The summed E-state index contributed by atoms with van der Waals surface area (Å²) >= 11 is 1.68. The van der Waals surface area contributed by atoms with Gasteiger partial charge >= 0.3 is 6.01 Å². The molecule has 1 aliphatic rings. The molecular formula is C18H22N2O5S. The van der Waals surface area contributed by atoms with Crippen LogP contribution in [0.3, 0.4) is 0 Å². The summed E-state index contributed by atoms with van der Waals surface area (Å²) in [4.78, 5) is 9.37. The molecule has 0 aliphatic carbocycles. The summed E-state index contributed by atoms with van der Waals surface area (Å²) in [7, 11) is 4.70. The van der Waals surface area contributed by atoms with Crippen LogP contribution in [-0.4, -0.2) is 55.5 Å². The number of benzene rings is 1. The molecule has 0 amide bonds. The van der Waals surface area contributed by atoms with Crippen molar-refractivity contribution in [3.63, 3.8) is 0 Å². The largest absolute Gasteiger partial charge is 0.481 e. The van der Waals surface area contributed by atoms with Crippen LogP contribution >= 0.6 is 11.8 Å². The van der Waals surface area contributed by atoms with Gasteiger partial charge in [-0.05, 0) is 12.1 Å². The van der Waals surface area contributed by atoms with Crippen LogP contribution in [0.1, 0.15) is 6.42 Å². The topological polar surface area (TPSA) is 71.9 Å². The highest BCUT2D eigenvalue weighted by Crippen LogP contribution is 2.35. The highest BCUT2D eigenvalue weighted by molar-refractivity contribution is 7.99. The van der Waals surface area contributed by atoms with Crippen molar-refractivity contribution < 1.29 is 23.7 Å². The normalized spacial score (nSPS) is 22.2. The lowest BCUT2D eigenvalue weighted by molar-refractivity contribution is -0.0145. The Bertz CT molecular complexity index is 681. The number of thioether (sulfide) groups is 1. The number of hydrogen-bond donors (Lipinski definition) is 0. The molecule has 7 nitrogen and oxygen atoms in total. The highest BCUT2D eigenvalue weighted by atomic mass is 32.2. The summed E-state index contributed by atoms with van der Waals surface area (Å²) in [6.07, 6.45) is 0.565. The second-order valence-electron chi connectivity index (χ2n) is 5.59. The van der Waals surface area contributed by atoms with Gasteiger partial charge in [-0.2, -0.15) is 9.97 Å².